The molecule has 0 aromatic heterocycles. The van der Waals surface area contributed by atoms with Gasteiger partial charge in [0.05, 0.1) is 0 Å². The first-order valence-corrected chi connectivity index (χ1v) is 9.74. The van der Waals surface area contributed by atoms with Gasteiger partial charge in [-0.25, -0.2) is 0 Å². The lowest BCUT2D eigenvalue weighted by atomic mass is 10.1. The second-order valence-corrected chi connectivity index (χ2v) is 10.1. The van der Waals surface area contributed by atoms with Crippen molar-refractivity contribution in [3.8, 4) is 11.5 Å². The lowest BCUT2D eigenvalue weighted by Gasteiger charge is -2.07. The van der Waals surface area contributed by atoms with Crippen LogP contribution >= 0.6 is 0 Å². The highest BCUT2D eigenvalue weighted by atomic mass is 28.3. The molecule has 96 valence electrons. The summed E-state index contributed by atoms with van der Waals surface area (Å²) in [4.78, 5) is 10.8. The molecule has 1 aromatic carbocycles. The molecule has 0 aliphatic carbocycles. The highest BCUT2D eigenvalue weighted by molar-refractivity contribution is 6.83. The van der Waals surface area contributed by atoms with Crippen LogP contribution < -0.4 is 5.32 Å². The molecule has 0 spiro atoms. The van der Waals surface area contributed by atoms with E-state index in [1.807, 2.05) is 12.1 Å². The highest BCUT2D eigenvalue weighted by Gasteiger charge is 2.08. The predicted octanol–water partition coefficient (Wildman–Crippen LogP) is 2.59. The van der Waals surface area contributed by atoms with Crippen molar-refractivity contribution in [1.29, 1.82) is 0 Å². The molecule has 1 amide bonds. The average Bonchev–Trinajstić information content (AvgIpc) is 2.26. The standard InChI is InChI=1S/C15H21NOSi/c1-13(17)16-11-9-14-7-5-6-8-15(14)10-12-18(2,3)4/h5-8H,9,11H2,1-4H3,(H,16,17). The quantitative estimate of drug-likeness (QED) is 0.656. The van der Waals surface area contributed by atoms with Crippen LogP contribution in [-0.2, 0) is 11.2 Å². The molecule has 1 rings (SSSR count). The van der Waals surface area contributed by atoms with Crippen molar-refractivity contribution in [1.82, 2.24) is 5.32 Å². The van der Waals surface area contributed by atoms with Crippen molar-refractivity contribution < 1.29 is 4.79 Å². The zero-order valence-corrected chi connectivity index (χ0v) is 12.6. The average molecular weight is 259 g/mol. The maximum absolute atomic E-state index is 10.8. The SMILES string of the molecule is CC(=O)NCCc1ccccc1C#C[Si](C)(C)C. The molecular formula is C15H21NOSi. The Bertz CT molecular complexity index is 477. The van der Waals surface area contributed by atoms with E-state index in [4.69, 9.17) is 0 Å². The maximum Gasteiger partial charge on any atom is 0.216 e. The van der Waals surface area contributed by atoms with Gasteiger partial charge in [-0.3, -0.25) is 4.79 Å². The summed E-state index contributed by atoms with van der Waals surface area (Å²) in [5.41, 5.74) is 5.67. The highest BCUT2D eigenvalue weighted by Crippen LogP contribution is 2.08. The molecular weight excluding hydrogens is 238 g/mol. The van der Waals surface area contributed by atoms with Gasteiger partial charge >= 0.3 is 0 Å². The van der Waals surface area contributed by atoms with E-state index in [2.05, 4.69) is 48.6 Å². The second kappa shape index (κ2) is 6.41. The minimum absolute atomic E-state index is 0.0145. The Balaban J connectivity index is 2.79. The summed E-state index contributed by atoms with van der Waals surface area (Å²) in [7, 11) is -1.34. The van der Waals surface area contributed by atoms with Gasteiger partial charge in [-0.1, -0.05) is 43.8 Å². The van der Waals surface area contributed by atoms with Crippen LogP contribution in [0, 0.1) is 11.5 Å². The first-order valence-electron chi connectivity index (χ1n) is 6.24. The Labute approximate surface area is 111 Å². The third-order valence-corrected chi connectivity index (χ3v) is 3.23. The van der Waals surface area contributed by atoms with E-state index in [-0.39, 0.29) is 5.91 Å². The lowest BCUT2D eigenvalue weighted by molar-refractivity contribution is -0.118. The first-order chi connectivity index (χ1) is 8.38. The van der Waals surface area contributed by atoms with Crippen molar-refractivity contribution in [3.05, 3.63) is 35.4 Å². The van der Waals surface area contributed by atoms with Crippen molar-refractivity contribution in [2.24, 2.45) is 0 Å². The van der Waals surface area contributed by atoms with Gasteiger partial charge in [0.15, 0.2) is 0 Å². The van der Waals surface area contributed by atoms with Crippen LogP contribution in [0.1, 0.15) is 18.1 Å². The van der Waals surface area contributed by atoms with Gasteiger partial charge in [-0.2, -0.15) is 0 Å². The van der Waals surface area contributed by atoms with Crippen LogP contribution in [0.15, 0.2) is 24.3 Å². The monoisotopic (exact) mass is 259 g/mol. The summed E-state index contributed by atoms with van der Waals surface area (Å²) in [6.07, 6.45) is 0.829. The molecule has 0 heterocycles. The molecule has 2 nitrogen and oxygen atoms in total. The van der Waals surface area contributed by atoms with Crippen molar-refractivity contribution in [2.75, 3.05) is 6.54 Å². The Kier molecular flexibility index (Phi) is 5.18. The number of nitrogens with one attached hydrogen (secondary N) is 1. The van der Waals surface area contributed by atoms with Crippen LogP contribution in [0.4, 0.5) is 0 Å². The topological polar surface area (TPSA) is 29.1 Å². The Morgan fingerprint density at radius 2 is 1.94 bits per heavy atom. The van der Waals surface area contributed by atoms with E-state index >= 15 is 0 Å². The van der Waals surface area contributed by atoms with E-state index in [9.17, 15) is 4.79 Å². The number of rotatable bonds is 3. The Morgan fingerprint density at radius 3 is 2.56 bits per heavy atom. The number of hydrogen-bond donors (Lipinski definition) is 1. The zero-order valence-electron chi connectivity index (χ0n) is 11.6. The molecule has 18 heavy (non-hydrogen) atoms. The first kappa shape index (κ1) is 14.5. The molecule has 0 aliphatic rings. The van der Waals surface area contributed by atoms with E-state index in [1.165, 1.54) is 12.5 Å². The van der Waals surface area contributed by atoms with E-state index in [0.717, 1.165) is 12.0 Å². The molecule has 0 radical (unpaired) electrons. The zero-order chi connectivity index (χ0) is 13.6. The molecule has 1 N–H and O–H groups in total. The second-order valence-electron chi connectivity index (χ2n) is 5.39. The molecule has 0 aliphatic heterocycles. The van der Waals surface area contributed by atoms with Gasteiger partial charge < -0.3 is 5.32 Å². The Hall–Kier alpha value is -1.53. The largest absolute Gasteiger partial charge is 0.356 e. The molecule has 0 atom stereocenters. The minimum atomic E-state index is -1.34. The minimum Gasteiger partial charge on any atom is -0.356 e. The van der Waals surface area contributed by atoms with E-state index in [0.29, 0.717) is 6.54 Å². The molecule has 0 saturated heterocycles. The van der Waals surface area contributed by atoms with Crippen molar-refractivity contribution in [2.45, 2.75) is 33.0 Å². The van der Waals surface area contributed by atoms with Gasteiger partial charge in [0.2, 0.25) is 5.91 Å². The van der Waals surface area contributed by atoms with Crippen molar-refractivity contribution in [3.63, 3.8) is 0 Å². The molecule has 0 saturated carbocycles. The summed E-state index contributed by atoms with van der Waals surface area (Å²) in [6, 6.07) is 8.16. The van der Waals surface area contributed by atoms with Crippen LogP contribution in [0.5, 0.6) is 0 Å². The fourth-order valence-corrected chi connectivity index (χ4v) is 2.00. The van der Waals surface area contributed by atoms with Crippen LogP contribution in [0.3, 0.4) is 0 Å². The van der Waals surface area contributed by atoms with Gasteiger partial charge in [0.1, 0.15) is 8.07 Å². The number of carbonyl (C=O) groups is 1. The number of amides is 1. The number of carbonyl (C=O) groups excluding carboxylic acids is 1. The molecule has 3 heteroatoms. The number of hydrogen-bond acceptors (Lipinski definition) is 1. The fraction of sp³-hybridized carbons (Fsp3) is 0.400. The summed E-state index contributed by atoms with van der Waals surface area (Å²) in [6.45, 7) is 8.91. The summed E-state index contributed by atoms with van der Waals surface area (Å²) >= 11 is 0. The summed E-state index contributed by atoms with van der Waals surface area (Å²) in [5.74, 6) is 3.30. The molecule has 0 fully saturated rings. The maximum atomic E-state index is 10.8. The normalized spacial score (nSPS) is 10.4. The van der Waals surface area contributed by atoms with Crippen LogP contribution in [0.25, 0.3) is 0 Å². The van der Waals surface area contributed by atoms with Crippen LogP contribution in [0.2, 0.25) is 19.6 Å². The van der Waals surface area contributed by atoms with Gasteiger partial charge in [-0.05, 0) is 18.1 Å². The molecule has 0 unspecified atom stereocenters. The molecule has 0 bridgehead atoms. The third kappa shape index (κ3) is 5.69. The van der Waals surface area contributed by atoms with Crippen LogP contribution in [-0.4, -0.2) is 20.5 Å². The van der Waals surface area contributed by atoms with Gasteiger partial charge in [0.25, 0.3) is 0 Å². The predicted molar refractivity (Wildman–Crippen MR) is 79.1 cm³/mol. The number of benzene rings is 1. The van der Waals surface area contributed by atoms with Crippen molar-refractivity contribution >= 4 is 14.0 Å². The lowest BCUT2D eigenvalue weighted by Crippen LogP contribution is -2.22. The Morgan fingerprint density at radius 1 is 1.28 bits per heavy atom. The van der Waals surface area contributed by atoms with Gasteiger partial charge in [-0.15, -0.1) is 5.54 Å². The van der Waals surface area contributed by atoms with Gasteiger partial charge in [0, 0.05) is 19.0 Å². The summed E-state index contributed by atoms with van der Waals surface area (Å²) < 4.78 is 0. The fourth-order valence-electron chi connectivity index (χ4n) is 1.49. The molecule has 1 aromatic rings. The van der Waals surface area contributed by atoms with E-state index in [1.54, 1.807) is 0 Å². The third-order valence-electron chi connectivity index (χ3n) is 2.36. The smallest absolute Gasteiger partial charge is 0.216 e. The summed E-state index contributed by atoms with van der Waals surface area (Å²) in [5, 5.41) is 2.82. The van der Waals surface area contributed by atoms with E-state index < -0.39 is 8.07 Å².